The van der Waals surface area contributed by atoms with Crippen LogP contribution in [0.1, 0.15) is 63.2 Å². The molecule has 0 amide bonds. The second-order valence-electron chi connectivity index (χ2n) is 12.0. The molecule has 3 aromatic rings. The number of anilines is 1. The van der Waals surface area contributed by atoms with Gasteiger partial charge in [-0.3, -0.25) is 4.98 Å². The van der Waals surface area contributed by atoms with Crippen LogP contribution in [0.5, 0.6) is 5.75 Å². The van der Waals surface area contributed by atoms with Gasteiger partial charge in [0.15, 0.2) is 6.10 Å². The lowest BCUT2D eigenvalue weighted by atomic mass is 9.91. The molecule has 0 spiro atoms. The maximum absolute atomic E-state index is 14.2. The molecule has 2 heterocycles. The molecule has 1 saturated heterocycles. The van der Waals surface area contributed by atoms with Crippen molar-refractivity contribution in [2.75, 3.05) is 24.6 Å². The molecule has 0 N–H and O–H groups in total. The van der Waals surface area contributed by atoms with Gasteiger partial charge in [-0.2, -0.15) is 0 Å². The van der Waals surface area contributed by atoms with Crippen molar-refractivity contribution in [3.8, 4) is 16.9 Å². The monoisotopic (exact) mass is 584 g/mol. The largest absolute Gasteiger partial charge is 0.493 e. The zero-order valence-corrected chi connectivity index (χ0v) is 25.3. The molecule has 1 fully saturated rings. The minimum Gasteiger partial charge on any atom is -0.493 e. The van der Waals surface area contributed by atoms with E-state index < -0.39 is 42.8 Å². The van der Waals surface area contributed by atoms with Crippen molar-refractivity contribution in [2.45, 2.75) is 78.6 Å². The topological polar surface area (TPSA) is 60.9 Å². The van der Waals surface area contributed by atoms with Gasteiger partial charge >= 0.3 is 5.97 Å². The number of aromatic nitrogens is 1. The van der Waals surface area contributed by atoms with E-state index in [1.807, 2.05) is 52.0 Å². The van der Waals surface area contributed by atoms with E-state index in [1.54, 1.807) is 37.8 Å². The molecule has 1 aromatic heterocycles. The molecule has 0 saturated carbocycles. The summed E-state index contributed by atoms with van der Waals surface area (Å²) in [7, 11) is 0. The van der Waals surface area contributed by atoms with Gasteiger partial charge in [0, 0.05) is 28.9 Å². The summed E-state index contributed by atoms with van der Waals surface area (Å²) in [6.45, 7) is 12.0. The van der Waals surface area contributed by atoms with Gasteiger partial charge in [0.2, 0.25) is 0 Å². The van der Waals surface area contributed by atoms with Crippen molar-refractivity contribution in [2.24, 2.45) is 0 Å². The zero-order chi connectivity index (χ0) is 30.8. The SMILES string of the molecule is Cc1nc(C)c([C@H](OC(C)(C)C)C(=O)OC(C)C)c(N2CC(F)(F)C2)c1-c1ccc(OCCc2ccc(F)cc2)cc1. The van der Waals surface area contributed by atoms with Crippen molar-refractivity contribution in [1.29, 1.82) is 0 Å². The van der Waals surface area contributed by atoms with Gasteiger partial charge in [0.05, 0.1) is 37.1 Å². The lowest BCUT2D eigenvalue weighted by Gasteiger charge is -2.43. The Balaban J connectivity index is 1.72. The summed E-state index contributed by atoms with van der Waals surface area (Å²) < 4.78 is 59.4. The molecule has 6 nitrogen and oxygen atoms in total. The standard InChI is InChI=1S/C33H39F3N2O4/c1-20(2)41-31(39)30(42-32(5,6)7)28-22(4)37-21(3)27(29(28)38-18-33(35,36)19-38)24-10-14-26(15-11-24)40-17-16-23-8-12-25(34)13-9-23/h8-15,20,30H,16-19H2,1-7H3/t30-/m0/s1. The molecule has 1 aliphatic rings. The summed E-state index contributed by atoms with van der Waals surface area (Å²) in [6, 6.07) is 13.6. The number of carbonyl (C=O) groups excluding carboxylic acids is 1. The van der Waals surface area contributed by atoms with Crippen LogP contribution in [0.15, 0.2) is 48.5 Å². The molecule has 4 rings (SSSR count). The highest BCUT2D eigenvalue weighted by Gasteiger charge is 2.47. The first kappa shape index (κ1) is 31.3. The summed E-state index contributed by atoms with van der Waals surface area (Å²) in [5.41, 5.74) is 3.67. The molecule has 0 aliphatic carbocycles. The normalized spacial score (nSPS) is 15.4. The first-order valence-electron chi connectivity index (χ1n) is 14.1. The predicted molar refractivity (Wildman–Crippen MR) is 157 cm³/mol. The lowest BCUT2D eigenvalue weighted by molar-refractivity contribution is -0.171. The number of pyridine rings is 1. The first-order chi connectivity index (χ1) is 19.6. The van der Waals surface area contributed by atoms with E-state index in [0.29, 0.717) is 47.0 Å². The number of nitrogens with zero attached hydrogens (tertiary/aromatic N) is 2. The van der Waals surface area contributed by atoms with E-state index in [0.717, 1.165) is 11.1 Å². The van der Waals surface area contributed by atoms with Gasteiger partial charge in [-0.05, 0) is 83.9 Å². The average Bonchev–Trinajstić information content (AvgIpc) is 2.86. The van der Waals surface area contributed by atoms with Gasteiger partial charge in [-0.15, -0.1) is 0 Å². The number of halogens is 3. The molecule has 0 radical (unpaired) electrons. The van der Waals surface area contributed by atoms with Crippen LogP contribution >= 0.6 is 0 Å². The number of esters is 1. The summed E-state index contributed by atoms with van der Waals surface area (Å²) in [4.78, 5) is 19.7. The third-order valence-corrected chi connectivity index (χ3v) is 6.75. The van der Waals surface area contributed by atoms with Crippen molar-refractivity contribution in [1.82, 2.24) is 4.98 Å². The number of benzene rings is 2. The molecule has 0 bridgehead atoms. The third-order valence-electron chi connectivity index (χ3n) is 6.75. The first-order valence-corrected chi connectivity index (χ1v) is 14.1. The van der Waals surface area contributed by atoms with Crippen LogP contribution in [0.25, 0.3) is 11.1 Å². The number of hydrogen-bond acceptors (Lipinski definition) is 6. The van der Waals surface area contributed by atoms with E-state index in [2.05, 4.69) is 0 Å². The molecule has 42 heavy (non-hydrogen) atoms. The Morgan fingerprint density at radius 3 is 2.17 bits per heavy atom. The Kier molecular flexibility index (Phi) is 9.21. The van der Waals surface area contributed by atoms with Gasteiger partial charge in [0.25, 0.3) is 5.92 Å². The number of carbonyl (C=O) groups is 1. The maximum atomic E-state index is 14.2. The van der Waals surface area contributed by atoms with Crippen molar-refractivity contribution in [3.63, 3.8) is 0 Å². The van der Waals surface area contributed by atoms with Crippen LogP contribution in [0.4, 0.5) is 18.9 Å². The van der Waals surface area contributed by atoms with Gasteiger partial charge in [-0.25, -0.2) is 18.0 Å². The summed E-state index contributed by atoms with van der Waals surface area (Å²) >= 11 is 0. The van der Waals surface area contributed by atoms with E-state index in [-0.39, 0.29) is 5.82 Å². The van der Waals surface area contributed by atoms with Crippen LogP contribution in [-0.4, -0.2) is 48.3 Å². The minimum absolute atomic E-state index is 0.284. The van der Waals surface area contributed by atoms with Crippen LogP contribution < -0.4 is 9.64 Å². The van der Waals surface area contributed by atoms with E-state index >= 15 is 0 Å². The lowest BCUT2D eigenvalue weighted by Crippen LogP contribution is -2.57. The van der Waals surface area contributed by atoms with Crippen LogP contribution in [0.2, 0.25) is 0 Å². The maximum Gasteiger partial charge on any atom is 0.340 e. The fourth-order valence-electron chi connectivity index (χ4n) is 5.03. The molecule has 1 atom stereocenters. The van der Waals surface area contributed by atoms with Crippen LogP contribution in [-0.2, 0) is 20.7 Å². The van der Waals surface area contributed by atoms with Gasteiger partial charge in [0.1, 0.15) is 11.6 Å². The quantitative estimate of drug-likeness (QED) is 0.232. The highest BCUT2D eigenvalue weighted by Crippen LogP contribution is 2.46. The number of aryl methyl sites for hydroxylation is 2. The molecular formula is C33H39F3N2O4. The van der Waals surface area contributed by atoms with Crippen LogP contribution in [0.3, 0.4) is 0 Å². The highest BCUT2D eigenvalue weighted by molar-refractivity contribution is 5.89. The van der Waals surface area contributed by atoms with Crippen LogP contribution in [0, 0.1) is 19.7 Å². The molecule has 9 heteroatoms. The fourth-order valence-corrected chi connectivity index (χ4v) is 5.03. The smallest absolute Gasteiger partial charge is 0.340 e. The Morgan fingerprint density at radius 2 is 1.62 bits per heavy atom. The highest BCUT2D eigenvalue weighted by atomic mass is 19.3. The van der Waals surface area contributed by atoms with Crippen molar-refractivity contribution in [3.05, 3.63) is 76.9 Å². The third kappa shape index (κ3) is 7.62. The van der Waals surface area contributed by atoms with Crippen molar-refractivity contribution < 1.29 is 32.2 Å². The Hall–Kier alpha value is -3.59. The fraction of sp³-hybridized carbons (Fsp3) is 0.455. The van der Waals surface area contributed by atoms with E-state index in [4.69, 9.17) is 19.2 Å². The Labute approximate surface area is 245 Å². The zero-order valence-electron chi connectivity index (χ0n) is 25.3. The molecule has 0 unspecified atom stereocenters. The van der Waals surface area contributed by atoms with Gasteiger partial charge in [-0.1, -0.05) is 24.3 Å². The number of hydrogen-bond donors (Lipinski definition) is 0. The Bertz CT molecular complexity index is 1390. The molecular weight excluding hydrogens is 545 g/mol. The average molecular weight is 585 g/mol. The number of alkyl halides is 2. The van der Waals surface area contributed by atoms with E-state index in [1.165, 1.54) is 12.1 Å². The minimum atomic E-state index is -2.85. The van der Waals surface area contributed by atoms with Gasteiger partial charge < -0.3 is 19.1 Å². The molecule has 2 aromatic carbocycles. The molecule has 1 aliphatic heterocycles. The number of ether oxygens (including phenoxy) is 3. The summed E-state index contributed by atoms with van der Waals surface area (Å²) in [5.74, 6) is -3.10. The molecule has 226 valence electrons. The predicted octanol–water partition coefficient (Wildman–Crippen LogP) is 7.39. The second kappa shape index (κ2) is 12.3. The Morgan fingerprint density at radius 1 is 1.00 bits per heavy atom. The van der Waals surface area contributed by atoms with E-state index in [9.17, 15) is 18.0 Å². The summed E-state index contributed by atoms with van der Waals surface area (Å²) in [5, 5.41) is 0. The second-order valence-corrected chi connectivity index (χ2v) is 12.0. The number of rotatable bonds is 10. The summed E-state index contributed by atoms with van der Waals surface area (Å²) in [6.07, 6.45) is -0.951. The van der Waals surface area contributed by atoms with Crippen molar-refractivity contribution >= 4 is 11.7 Å².